The van der Waals surface area contributed by atoms with Crippen LogP contribution < -0.4 is 0 Å². The smallest absolute Gasteiger partial charge is 0.173 e. The molecule has 0 atom stereocenters. The molecule has 1 aliphatic carbocycles. The maximum absolute atomic E-state index is 11.0. The van der Waals surface area contributed by atoms with E-state index in [1.54, 1.807) is 6.08 Å². The quantitative estimate of drug-likeness (QED) is 0.527. The first-order valence-electron chi connectivity index (χ1n) is 3.71. The van der Waals surface area contributed by atoms with Crippen LogP contribution in [0.2, 0.25) is 0 Å². The average Bonchev–Trinajstić information content (AvgIpc) is 1.94. The van der Waals surface area contributed by atoms with Gasteiger partial charge in [-0.1, -0.05) is 19.9 Å². The minimum atomic E-state index is -0.00757. The summed E-state index contributed by atoms with van der Waals surface area (Å²) in [6.45, 7) is 4.08. The Morgan fingerprint density at radius 2 is 2.27 bits per heavy atom. The molecule has 0 spiro atoms. The molecule has 0 aromatic carbocycles. The van der Waals surface area contributed by atoms with E-state index in [9.17, 15) is 4.79 Å². The van der Waals surface area contributed by atoms with Crippen molar-refractivity contribution in [2.75, 3.05) is 0 Å². The minimum Gasteiger partial charge on any atom is -0.293 e. The molecule has 0 N–H and O–H groups in total. The van der Waals surface area contributed by atoms with Crippen LogP contribution in [-0.4, -0.2) is 5.78 Å². The summed E-state index contributed by atoms with van der Waals surface area (Å²) in [4.78, 5) is 11.0. The topological polar surface area (TPSA) is 40.9 Å². The normalized spacial score (nSPS) is 22.3. The van der Waals surface area contributed by atoms with Crippen molar-refractivity contribution >= 4 is 5.78 Å². The van der Waals surface area contributed by atoms with Gasteiger partial charge in [-0.2, -0.15) is 5.26 Å². The zero-order valence-electron chi connectivity index (χ0n) is 6.85. The number of allylic oxidation sites excluding steroid dienone is 2. The van der Waals surface area contributed by atoms with Crippen molar-refractivity contribution in [3.63, 3.8) is 0 Å². The molecule has 0 fully saturated rings. The molecule has 0 bridgehead atoms. The molecule has 0 saturated heterocycles. The predicted molar refractivity (Wildman–Crippen MR) is 41.7 cm³/mol. The molecular formula is C9H11NO. The number of nitrogens with zero attached hydrogens (tertiary/aromatic N) is 1. The van der Waals surface area contributed by atoms with Gasteiger partial charge in [0, 0.05) is 6.42 Å². The Morgan fingerprint density at radius 3 is 2.73 bits per heavy atom. The van der Waals surface area contributed by atoms with Crippen LogP contribution in [0.3, 0.4) is 0 Å². The Balaban J connectivity index is 2.98. The van der Waals surface area contributed by atoms with E-state index >= 15 is 0 Å². The van der Waals surface area contributed by atoms with Gasteiger partial charge in [0.15, 0.2) is 5.78 Å². The van der Waals surface area contributed by atoms with Gasteiger partial charge in [0.1, 0.15) is 6.07 Å². The Labute approximate surface area is 66.5 Å². The minimum absolute atomic E-state index is 0.00757. The van der Waals surface area contributed by atoms with Crippen LogP contribution in [0.1, 0.15) is 26.7 Å². The number of ketones is 1. The molecular weight excluding hydrogens is 138 g/mol. The van der Waals surface area contributed by atoms with Crippen molar-refractivity contribution in [2.45, 2.75) is 26.7 Å². The third kappa shape index (κ3) is 1.68. The van der Waals surface area contributed by atoms with Gasteiger partial charge in [-0.15, -0.1) is 0 Å². The lowest BCUT2D eigenvalue weighted by atomic mass is 9.79. The standard InChI is InChI=1S/C9H11NO/c1-9(2)4-3-8(11)7(5-9)6-10/h5H,3-4H2,1-2H3. The summed E-state index contributed by atoms with van der Waals surface area (Å²) in [5, 5.41) is 8.55. The number of carbonyl (C=O) groups excluding carboxylic acids is 1. The Hall–Kier alpha value is -1.10. The molecule has 1 rings (SSSR count). The third-order valence-electron chi connectivity index (χ3n) is 1.95. The summed E-state index contributed by atoms with van der Waals surface area (Å²) in [5.41, 5.74) is 0.361. The fourth-order valence-corrected chi connectivity index (χ4v) is 1.21. The van der Waals surface area contributed by atoms with Gasteiger partial charge in [-0.25, -0.2) is 0 Å². The maximum atomic E-state index is 11.0. The van der Waals surface area contributed by atoms with Crippen molar-refractivity contribution in [1.82, 2.24) is 0 Å². The van der Waals surface area contributed by atoms with Crippen molar-refractivity contribution in [1.29, 1.82) is 5.26 Å². The van der Waals surface area contributed by atoms with Gasteiger partial charge in [0.05, 0.1) is 5.57 Å². The monoisotopic (exact) mass is 149 g/mol. The molecule has 2 nitrogen and oxygen atoms in total. The first-order chi connectivity index (χ1) is 5.05. The van der Waals surface area contributed by atoms with Gasteiger partial charge >= 0.3 is 0 Å². The Bertz CT molecular complexity index is 255. The van der Waals surface area contributed by atoms with Gasteiger partial charge in [-0.05, 0) is 11.8 Å². The van der Waals surface area contributed by atoms with Gasteiger partial charge in [-0.3, -0.25) is 4.79 Å². The SMILES string of the molecule is CC1(C)C=C(C#N)C(=O)CC1. The molecule has 0 aliphatic heterocycles. The van der Waals surface area contributed by atoms with Gasteiger partial charge < -0.3 is 0 Å². The van der Waals surface area contributed by atoms with Crippen LogP contribution in [0.5, 0.6) is 0 Å². The van der Waals surface area contributed by atoms with E-state index in [4.69, 9.17) is 5.26 Å². The van der Waals surface area contributed by atoms with Crippen molar-refractivity contribution in [3.8, 4) is 6.07 Å². The van der Waals surface area contributed by atoms with E-state index in [0.717, 1.165) is 6.42 Å². The highest BCUT2D eigenvalue weighted by Crippen LogP contribution is 2.30. The molecule has 58 valence electrons. The summed E-state index contributed by atoms with van der Waals surface area (Å²) in [5.74, 6) is -0.00757. The van der Waals surface area contributed by atoms with Gasteiger partial charge in [0.25, 0.3) is 0 Å². The highest BCUT2D eigenvalue weighted by atomic mass is 16.1. The summed E-state index contributed by atoms with van der Waals surface area (Å²) in [7, 11) is 0. The highest BCUT2D eigenvalue weighted by Gasteiger charge is 2.25. The molecule has 2 heteroatoms. The van der Waals surface area contributed by atoms with E-state index < -0.39 is 0 Å². The fraction of sp³-hybridized carbons (Fsp3) is 0.556. The van der Waals surface area contributed by atoms with Crippen molar-refractivity contribution < 1.29 is 4.79 Å². The van der Waals surface area contributed by atoms with Crippen LogP contribution in [0.4, 0.5) is 0 Å². The number of Topliss-reactive ketones (excluding diaryl/α,β-unsaturated/α-hetero) is 1. The second kappa shape index (κ2) is 2.50. The van der Waals surface area contributed by atoms with Crippen LogP contribution in [0, 0.1) is 16.7 Å². The van der Waals surface area contributed by atoms with E-state index in [1.165, 1.54) is 0 Å². The predicted octanol–water partition coefficient (Wildman–Crippen LogP) is 1.83. The molecule has 1 aliphatic rings. The molecule has 0 saturated carbocycles. The first kappa shape index (κ1) is 8.00. The largest absolute Gasteiger partial charge is 0.293 e. The Kier molecular flexibility index (Phi) is 1.82. The first-order valence-corrected chi connectivity index (χ1v) is 3.71. The fourth-order valence-electron chi connectivity index (χ4n) is 1.21. The van der Waals surface area contributed by atoms with Crippen molar-refractivity contribution in [2.24, 2.45) is 5.41 Å². The zero-order chi connectivity index (χ0) is 8.48. The third-order valence-corrected chi connectivity index (χ3v) is 1.95. The molecule has 11 heavy (non-hydrogen) atoms. The lowest BCUT2D eigenvalue weighted by Crippen LogP contribution is -2.19. The summed E-state index contributed by atoms with van der Waals surface area (Å²) < 4.78 is 0. The van der Waals surface area contributed by atoms with E-state index in [1.807, 2.05) is 19.9 Å². The van der Waals surface area contributed by atoms with Crippen LogP contribution in [-0.2, 0) is 4.79 Å². The molecule has 0 aromatic rings. The second-order valence-electron chi connectivity index (χ2n) is 3.58. The number of rotatable bonds is 0. The number of hydrogen-bond donors (Lipinski definition) is 0. The Morgan fingerprint density at radius 1 is 1.64 bits per heavy atom. The number of nitriles is 1. The second-order valence-corrected chi connectivity index (χ2v) is 3.58. The van der Waals surface area contributed by atoms with Crippen molar-refractivity contribution in [3.05, 3.63) is 11.6 Å². The van der Waals surface area contributed by atoms with E-state index in [2.05, 4.69) is 0 Å². The maximum Gasteiger partial charge on any atom is 0.173 e. The molecule has 0 radical (unpaired) electrons. The summed E-state index contributed by atoms with van der Waals surface area (Å²) in [6.07, 6.45) is 3.15. The highest BCUT2D eigenvalue weighted by molar-refractivity contribution is 5.99. The number of hydrogen-bond acceptors (Lipinski definition) is 2. The number of carbonyl (C=O) groups is 1. The van der Waals surface area contributed by atoms with Crippen LogP contribution >= 0.6 is 0 Å². The summed E-state index contributed by atoms with van der Waals surface area (Å²) >= 11 is 0. The lowest BCUT2D eigenvalue weighted by Gasteiger charge is -2.23. The zero-order valence-corrected chi connectivity index (χ0v) is 6.85. The van der Waals surface area contributed by atoms with E-state index in [0.29, 0.717) is 12.0 Å². The average molecular weight is 149 g/mol. The molecule has 0 amide bonds. The summed E-state index contributed by atoms with van der Waals surface area (Å²) in [6, 6.07) is 1.92. The lowest BCUT2D eigenvalue weighted by molar-refractivity contribution is -0.116. The van der Waals surface area contributed by atoms with Crippen LogP contribution in [0.25, 0.3) is 0 Å². The van der Waals surface area contributed by atoms with E-state index in [-0.39, 0.29) is 11.2 Å². The molecule has 0 heterocycles. The van der Waals surface area contributed by atoms with Crippen LogP contribution in [0.15, 0.2) is 11.6 Å². The molecule has 0 unspecified atom stereocenters. The molecule has 0 aromatic heterocycles. The van der Waals surface area contributed by atoms with Gasteiger partial charge in [0.2, 0.25) is 0 Å².